The quantitative estimate of drug-likeness (QED) is 0.873. The van der Waals surface area contributed by atoms with Gasteiger partial charge in [0.2, 0.25) is 0 Å². The standard InChI is InChI=1S/C13H18ClNO/c1-16-9-10-4-5-12(14)7-11(10)8-13-3-2-6-15-13/h4-5,7,13,15H,2-3,6,8-9H2,1H3. The maximum Gasteiger partial charge on any atom is 0.0715 e. The first kappa shape index (κ1) is 11.9. The van der Waals surface area contributed by atoms with E-state index < -0.39 is 0 Å². The Morgan fingerprint density at radius 3 is 3.00 bits per heavy atom. The van der Waals surface area contributed by atoms with Crippen molar-refractivity contribution in [2.75, 3.05) is 13.7 Å². The van der Waals surface area contributed by atoms with Crippen LogP contribution < -0.4 is 5.32 Å². The minimum atomic E-state index is 0.606. The summed E-state index contributed by atoms with van der Waals surface area (Å²) in [7, 11) is 1.73. The van der Waals surface area contributed by atoms with Crippen LogP contribution in [0.4, 0.5) is 0 Å². The Morgan fingerprint density at radius 1 is 1.44 bits per heavy atom. The summed E-state index contributed by atoms with van der Waals surface area (Å²) in [5.74, 6) is 0. The molecule has 1 aliphatic rings. The first-order valence-electron chi connectivity index (χ1n) is 5.79. The van der Waals surface area contributed by atoms with Crippen LogP contribution in [-0.4, -0.2) is 19.7 Å². The molecule has 0 bridgehead atoms. The molecule has 1 aromatic rings. The smallest absolute Gasteiger partial charge is 0.0715 e. The van der Waals surface area contributed by atoms with Crippen molar-refractivity contribution in [3.8, 4) is 0 Å². The molecule has 3 heteroatoms. The van der Waals surface area contributed by atoms with Crippen LogP contribution in [0, 0.1) is 0 Å². The molecule has 88 valence electrons. The normalized spacial score (nSPS) is 20.2. The molecule has 0 aromatic heterocycles. The number of rotatable bonds is 4. The fourth-order valence-electron chi connectivity index (χ4n) is 2.28. The van der Waals surface area contributed by atoms with E-state index in [1.54, 1.807) is 7.11 Å². The zero-order valence-electron chi connectivity index (χ0n) is 9.63. The molecule has 1 heterocycles. The van der Waals surface area contributed by atoms with Gasteiger partial charge in [0, 0.05) is 18.2 Å². The van der Waals surface area contributed by atoms with Crippen LogP contribution in [0.1, 0.15) is 24.0 Å². The van der Waals surface area contributed by atoms with Gasteiger partial charge in [-0.1, -0.05) is 17.7 Å². The van der Waals surface area contributed by atoms with Crippen molar-refractivity contribution in [1.29, 1.82) is 0 Å². The van der Waals surface area contributed by atoms with Crippen LogP contribution in [0.25, 0.3) is 0 Å². The highest BCUT2D eigenvalue weighted by molar-refractivity contribution is 6.30. The third-order valence-corrected chi connectivity index (χ3v) is 3.33. The Hall–Kier alpha value is -0.570. The van der Waals surface area contributed by atoms with E-state index in [-0.39, 0.29) is 0 Å². The Morgan fingerprint density at radius 2 is 2.31 bits per heavy atom. The van der Waals surface area contributed by atoms with Crippen molar-refractivity contribution in [1.82, 2.24) is 5.32 Å². The van der Waals surface area contributed by atoms with Crippen molar-refractivity contribution < 1.29 is 4.74 Å². The molecule has 1 N–H and O–H groups in total. The highest BCUT2D eigenvalue weighted by Gasteiger charge is 2.16. The maximum atomic E-state index is 6.04. The second-order valence-corrected chi connectivity index (χ2v) is 4.78. The molecule has 0 aliphatic carbocycles. The van der Waals surface area contributed by atoms with E-state index in [9.17, 15) is 0 Å². The molecule has 1 unspecified atom stereocenters. The van der Waals surface area contributed by atoms with E-state index in [2.05, 4.69) is 17.4 Å². The third-order valence-electron chi connectivity index (χ3n) is 3.10. The summed E-state index contributed by atoms with van der Waals surface area (Å²) < 4.78 is 5.21. The SMILES string of the molecule is COCc1ccc(Cl)cc1CC1CCCN1. The molecule has 0 saturated carbocycles. The van der Waals surface area contributed by atoms with E-state index in [0.717, 1.165) is 18.0 Å². The van der Waals surface area contributed by atoms with Crippen molar-refractivity contribution in [2.24, 2.45) is 0 Å². The summed E-state index contributed by atoms with van der Waals surface area (Å²) in [6.07, 6.45) is 3.60. The number of methoxy groups -OCH3 is 1. The summed E-state index contributed by atoms with van der Waals surface area (Å²) in [4.78, 5) is 0. The molecule has 1 aliphatic heterocycles. The molecule has 1 aromatic carbocycles. The van der Waals surface area contributed by atoms with Gasteiger partial charge in [-0.05, 0) is 49.1 Å². The van der Waals surface area contributed by atoms with Crippen molar-refractivity contribution in [3.63, 3.8) is 0 Å². The van der Waals surface area contributed by atoms with Crippen LogP contribution in [-0.2, 0) is 17.8 Å². The van der Waals surface area contributed by atoms with Crippen LogP contribution in [0.3, 0.4) is 0 Å². The van der Waals surface area contributed by atoms with Gasteiger partial charge in [0.1, 0.15) is 0 Å². The molecule has 16 heavy (non-hydrogen) atoms. The molecule has 1 atom stereocenters. The Labute approximate surface area is 102 Å². The van der Waals surface area contributed by atoms with Gasteiger partial charge in [-0.2, -0.15) is 0 Å². The van der Waals surface area contributed by atoms with Gasteiger partial charge >= 0.3 is 0 Å². The summed E-state index contributed by atoms with van der Waals surface area (Å²) >= 11 is 6.04. The second-order valence-electron chi connectivity index (χ2n) is 4.34. The van der Waals surface area contributed by atoms with Gasteiger partial charge in [0.15, 0.2) is 0 Å². The molecule has 0 radical (unpaired) electrons. The van der Waals surface area contributed by atoms with Gasteiger partial charge < -0.3 is 10.1 Å². The lowest BCUT2D eigenvalue weighted by atomic mass is 10.00. The molecular weight excluding hydrogens is 222 g/mol. The average Bonchev–Trinajstić information content (AvgIpc) is 2.75. The predicted octanol–water partition coefficient (Wildman–Crippen LogP) is 2.78. The zero-order valence-corrected chi connectivity index (χ0v) is 10.4. The Bertz CT molecular complexity index is 348. The monoisotopic (exact) mass is 239 g/mol. The van der Waals surface area contributed by atoms with Gasteiger partial charge in [0.25, 0.3) is 0 Å². The number of ether oxygens (including phenoxy) is 1. The maximum absolute atomic E-state index is 6.04. The van der Waals surface area contributed by atoms with E-state index in [1.807, 2.05) is 6.07 Å². The minimum Gasteiger partial charge on any atom is -0.380 e. The number of benzene rings is 1. The molecule has 0 spiro atoms. The van der Waals surface area contributed by atoms with Gasteiger partial charge in [0.05, 0.1) is 6.61 Å². The van der Waals surface area contributed by atoms with E-state index in [4.69, 9.17) is 16.3 Å². The molecule has 1 fully saturated rings. The van der Waals surface area contributed by atoms with E-state index in [1.165, 1.54) is 24.0 Å². The topological polar surface area (TPSA) is 21.3 Å². The molecule has 2 rings (SSSR count). The third kappa shape index (κ3) is 2.97. The van der Waals surface area contributed by atoms with Crippen LogP contribution >= 0.6 is 11.6 Å². The summed E-state index contributed by atoms with van der Waals surface area (Å²) in [6, 6.07) is 6.67. The summed E-state index contributed by atoms with van der Waals surface area (Å²) in [5.41, 5.74) is 2.56. The van der Waals surface area contributed by atoms with Crippen LogP contribution in [0.2, 0.25) is 5.02 Å². The van der Waals surface area contributed by atoms with E-state index in [0.29, 0.717) is 12.6 Å². The lowest BCUT2D eigenvalue weighted by Gasteiger charge is -2.14. The minimum absolute atomic E-state index is 0.606. The summed E-state index contributed by atoms with van der Waals surface area (Å²) in [6.45, 7) is 1.81. The fraction of sp³-hybridized carbons (Fsp3) is 0.538. The molecule has 2 nitrogen and oxygen atoms in total. The first-order valence-corrected chi connectivity index (χ1v) is 6.17. The zero-order chi connectivity index (χ0) is 11.4. The molecule has 0 amide bonds. The number of halogens is 1. The number of nitrogens with one attached hydrogen (secondary N) is 1. The van der Waals surface area contributed by atoms with Gasteiger partial charge in [-0.15, -0.1) is 0 Å². The lowest BCUT2D eigenvalue weighted by Crippen LogP contribution is -2.24. The second kappa shape index (κ2) is 5.67. The van der Waals surface area contributed by atoms with Gasteiger partial charge in [-0.3, -0.25) is 0 Å². The highest BCUT2D eigenvalue weighted by Crippen LogP contribution is 2.20. The van der Waals surface area contributed by atoms with Crippen molar-refractivity contribution >= 4 is 11.6 Å². The number of hydrogen-bond acceptors (Lipinski definition) is 2. The van der Waals surface area contributed by atoms with E-state index >= 15 is 0 Å². The molecule has 1 saturated heterocycles. The Kier molecular flexibility index (Phi) is 4.22. The predicted molar refractivity (Wildman–Crippen MR) is 66.9 cm³/mol. The van der Waals surface area contributed by atoms with Gasteiger partial charge in [-0.25, -0.2) is 0 Å². The Balaban J connectivity index is 2.12. The van der Waals surface area contributed by atoms with Crippen LogP contribution in [0.15, 0.2) is 18.2 Å². The molecular formula is C13H18ClNO. The van der Waals surface area contributed by atoms with Crippen molar-refractivity contribution in [3.05, 3.63) is 34.3 Å². The summed E-state index contributed by atoms with van der Waals surface area (Å²) in [5, 5.41) is 4.32. The largest absolute Gasteiger partial charge is 0.380 e. The van der Waals surface area contributed by atoms with Crippen molar-refractivity contribution in [2.45, 2.75) is 31.9 Å². The van der Waals surface area contributed by atoms with Crippen LogP contribution in [0.5, 0.6) is 0 Å². The highest BCUT2D eigenvalue weighted by atomic mass is 35.5. The fourth-order valence-corrected chi connectivity index (χ4v) is 2.47. The average molecular weight is 240 g/mol. The first-order chi connectivity index (χ1) is 7.79. The number of hydrogen-bond donors (Lipinski definition) is 1. The lowest BCUT2D eigenvalue weighted by molar-refractivity contribution is 0.184.